The van der Waals surface area contributed by atoms with Crippen LogP contribution in [-0.2, 0) is 41.6 Å². The van der Waals surface area contributed by atoms with Crippen LogP contribution in [0.1, 0.15) is 73.2 Å². The summed E-state index contributed by atoms with van der Waals surface area (Å²) in [5.74, 6) is -5.48. The second-order valence-electron chi connectivity index (χ2n) is 13.2. The maximum absolute atomic E-state index is 14.0. The molecule has 2 fully saturated rings. The Bertz CT molecular complexity index is 1960. The van der Waals surface area contributed by atoms with Crippen molar-refractivity contribution in [2.75, 3.05) is 0 Å². The number of carboxylic acid groups (broad SMARTS) is 4. The van der Waals surface area contributed by atoms with Crippen LogP contribution >= 0.6 is 0 Å². The fourth-order valence-electron chi connectivity index (χ4n) is 7.02. The summed E-state index contributed by atoms with van der Waals surface area (Å²) in [7, 11) is 0. The smallest absolute Gasteiger partial charge is 0.304 e. The Labute approximate surface area is 274 Å². The quantitative estimate of drug-likeness (QED) is 0.177. The molecule has 2 aromatic rings. The number of allylic oxidation sites excluding steroid dienone is 2. The Morgan fingerprint density at radius 2 is 1.17 bits per heavy atom. The van der Waals surface area contributed by atoms with E-state index in [1.54, 1.807) is 26.0 Å². The average Bonchev–Trinajstić information content (AvgIpc) is 3.58. The van der Waals surface area contributed by atoms with Crippen molar-refractivity contribution in [1.29, 1.82) is 0 Å². The van der Waals surface area contributed by atoms with Crippen LogP contribution < -0.4 is 21.3 Å². The number of ketones is 2. The second-order valence-corrected chi connectivity index (χ2v) is 13.2. The molecule has 0 saturated carbocycles. The number of aliphatic carboxylic acids is 4. The Morgan fingerprint density at radius 1 is 0.646 bits per heavy atom. The Kier molecular flexibility index (Phi) is 8.71. The van der Waals surface area contributed by atoms with Gasteiger partial charge >= 0.3 is 23.9 Å². The molecule has 0 aromatic carbocycles. The molecular formula is C34H38N4O10. The van der Waals surface area contributed by atoms with Crippen molar-refractivity contribution in [3.05, 3.63) is 61.8 Å². The van der Waals surface area contributed by atoms with E-state index in [9.17, 15) is 49.2 Å². The molecule has 5 rings (SSSR count). The summed E-state index contributed by atoms with van der Waals surface area (Å²) in [5.41, 5.74) is 0.804. The molecule has 4 atom stereocenters. The SMILES string of the molecule is Cc1c2[nH]c(c1CCC(=O)O)/C=c1\[nH]/c(c(C)c1CCC(=O)O)=C\C1N/C(=C\C3N/C(=C\2)C(=O)[C@]3(C)CC(=O)O)C(=O)[C@]1(C)CC(=O)O. The molecule has 8 bridgehead atoms. The molecule has 5 heterocycles. The highest BCUT2D eigenvalue weighted by atomic mass is 16.4. The van der Waals surface area contributed by atoms with Gasteiger partial charge in [-0.05, 0) is 87.1 Å². The van der Waals surface area contributed by atoms with Crippen molar-refractivity contribution in [3.63, 3.8) is 0 Å². The molecule has 14 nitrogen and oxygen atoms in total. The van der Waals surface area contributed by atoms with Gasteiger partial charge in [0.25, 0.3) is 0 Å². The van der Waals surface area contributed by atoms with Crippen LogP contribution in [0.4, 0.5) is 0 Å². The number of nitrogens with one attached hydrogen (secondary N) is 4. The van der Waals surface area contributed by atoms with Gasteiger partial charge in [-0.1, -0.05) is 0 Å². The summed E-state index contributed by atoms with van der Waals surface area (Å²) < 4.78 is 0. The maximum atomic E-state index is 14.0. The van der Waals surface area contributed by atoms with Crippen molar-refractivity contribution >= 4 is 53.7 Å². The number of fused-ring (bicyclic) bond motifs is 8. The Hall–Kier alpha value is -5.40. The summed E-state index contributed by atoms with van der Waals surface area (Å²) >= 11 is 0. The highest BCUT2D eigenvalue weighted by molar-refractivity contribution is 6.08. The normalized spacial score (nSPS) is 28.1. The first-order valence-corrected chi connectivity index (χ1v) is 15.5. The number of hydrogen-bond donors (Lipinski definition) is 8. The first-order chi connectivity index (χ1) is 22.4. The van der Waals surface area contributed by atoms with Crippen molar-refractivity contribution in [2.45, 2.75) is 78.3 Å². The second kappa shape index (κ2) is 12.3. The summed E-state index contributed by atoms with van der Waals surface area (Å²) in [6.45, 7) is 6.58. The monoisotopic (exact) mass is 662 g/mol. The number of carbonyl (C=O) groups excluding carboxylic acids is 2. The molecule has 3 aliphatic heterocycles. The number of aromatic amines is 2. The van der Waals surface area contributed by atoms with E-state index in [0.717, 1.165) is 0 Å². The molecular weight excluding hydrogens is 624 g/mol. The summed E-state index contributed by atoms with van der Waals surface area (Å²) in [5, 5.41) is 45.8. The van der Waals surface area contributed by atoms with E-state index >= 15 is 0 Å². The molecule has 0 aliphatic carbocycles. The zero-order valence-electron chi connectivity index (χ0n) is 26.9. The van der Waals surface area contributed by atoms with Crippen LogP contribution in [0.25, 0.3) is 18.2 Å². The summed E-state index contributed by atoms with van der Waals surface area (Å²) in [6, 6.07) is -1.82. The molecule has 254 valence electrons. The maximum Gasteiger partial charge on any atom is 0.304 e. The highest BCUT2D eigenvalue weighted by Gasteiger charge is 2.53. The van der Waals surface area contributed by atoms with Gasteiger partial charge in [0.2, 0.25) is 0 Å². The summed E-state index contributed by atoms with van der Waals surface area (Å²) in [4.78, 5) is 81.6. The number of Topliss-reactive ketones (excluding diaryl/α,β-unsaturated/α-hetero) is 2. The van der Waals surface area contributed by atoms with E-state index < -0.39 is 71.2 Å². The minimum Gasteiger partial charge on any atom is -0.481 e. The molecule has 14 heteroatoms. The van der Waals surface area contributed by atoms with Gasteiger partial charge in [0.1, 0.15) is 0 Å². The predicted octanol–water partition coefficient (Wildman–Crippen LogP) is 0.886. The van der Waals surface area contributed by atoms with Gasteiger partial charge in [0.15, 0.2) is 11.6 Å². The van der Waals surface area contributed by atoms with Crippen LogP contribution in [-0.4, -0.2) is 77.9 Å². The van der Waals surface area contributed by atoms with Gasteiger partial charge in [0, 0.05) is 34.9 Å². The van der Waals surface area contributed by atoms with E-state index in [1.165, 1.54) is 26.0 Å². The predicted molar refractivity (Wildman–Crippen MR) is 171 cm³/mol. The van der Waals surface area contributed by atoms with Gasteiger partial charge in [-0.2, -0.15) is 0 Å². The fraction of sp³-hybridized carbons (Fsp3) is 0.412. The first-order valence-electron chi connectivity index (χ1n) is 15.5. The lowest BCUT2D eigenvalue weighted by Crippen LogP contribution is -2.39. The van der Waals surface area contributed by atoms with Crippen LogP contribution in [0, 0.1) is 24.7 Å². The molecule has 48 heavy (non-hydrogen) atoms. The van der Waals surface area contributed by atoms with Gasteiger partial charge in [0.05, 0.1) is 47.1 Å². The minimum absolute atomic E-state index is 0.0339. The minimum atomic E-state index is -1.52. The molecule has 2 unspecified atom stereocenters. The molecule has 2 saturated heterocycles. The fourth-order valence-corrected chi connectivity index (χ4v) is 7.02. The third kappa shape index (κ3) is 6.05. The number of aromatic nitrogens is 2. The van der Waals surface area contributed by atoms with Gasteiger partial charge < -0.3 is 41.0 Å². The Balaban J connectivity index is 1.85. The van der Waals surface area contributed by atoms with E-state index in [-0.39, 0.29) is 37.1 Å². The van der Waals surface area contributed by atoms with Gasteiger partial charge in [-0.25, -0.2) is 0 Å². The summed E-state index contributed by atoms with van der Waals surface area (Å²) in [6.07, 6.45) is 5.26. The molecule has 0 radical (unpaired) electrons. The zero-order chi connectivity index (χ0) is 35.3. The molecule has 3 aliphatic rings. The first kappa shape index (κ1) is 33.9. The van der Waals surface area contributed by atoms with E-state index in [1.807, 2.05) is 0 Å². The third-order valence-corrected chi connectivity index (χ3v) is 9.88. The molecule has 8 N–H and O–H groups in total. The number of carbonyl (C=O) groups is 6. The highest BCUT2D eigenvalue weighted by Crippen LogP contribution is 2.41. The zero-order valence-corrected chi connectivity index (χ0v) is 26.9. The topological polar surface area (TPSA) is 239 Å². The van der Waals surface area contributed by atoms with E-state index in [4.69, 9.17) is 0 Å². The number of H-pyrrole nitrogens is 2. The van der Waals surface area contributed by atoms with Crippen LogP contribution in [0.5, 0.6) is 0 Å². The third-order valence-electron chi connectivity index (χ3n) is 9.88. The van der Waals surface area contributed by atoms with Crippen LogP contribution in [0.2, 0.25) is 0 Å². The lowest BCUT2D eigenvalue weighted by atomic mass is 9.76. The van der Waals surface area contributed by atoms with Crippen molar-refractivity contribution in [1.82, 2.24) is 20.6 Å². The number of carboxylic acids is 4. The van der Waals surface area contributed by atoms with Gasteiger partial charge in [-0.15, -0.1) is 0 Å². The van der Waals surface area contributed by atoms with Crippen molar-refractivity contribution in [2.24, 2.45) is 10.8 Å². The van der Waals surface area contributed by atoms with E-state index in [0.29, 0.717) is 44.3 Å². The molecule has 0 amide bonds. The largest absolute Gasteiger partial charge is 0.481 e. The van der Waals surface area contributed by atoms with Crippen molar-refractivity contribution in [3.8, 4) is 0 Å². The molecule has 0 spiro atoms. The number of hydrogen-bond acceptors (Lipinski definition) is 8. The molecule has 2 aromatic heterocycles. The van der Waals surface area contributed by atoms with Gasteiger partial charge in [-0.3, -0.25) is 28.8 Å². The van der Waals surface area contributed by atoms with Crippen LogP contribution in [0.3, 0.4) is 0 Å². The number of rotatable bonds is 10. The van der Waals surface area contributed by atoms with Crippen LogP contribution in [0.15, 0.2) is 17.5 Å². The van der Waals surface area contributed by atoms with E-state index in [2.05, 4.69) is 20.6 Å². The lowest BCUT2D eigenvalue weighted by molar-refractivity contribution is -0.143. The van der Waals surface area contributed by atoms with Crippen molar-refractivity contribution < 1.29 is 49.2 Å². The standard InChI is InChI=1S/C34H38N4O10/c1-15-17(5-7-27(39)40)21-10-22-18(6-8-28(41)42)16(2)20(36-22)11-25-33(3,13-29(43)44)32(48)24(38-25)12-26-34(4,14-30(45)46)31(47)23(37-26)9-19(15)35-21/h9-12,25-26,35-38H,5-8,13-14H2,1-4H3,(H,39,40)(H,41,42)(H,43,44)(H,45,46)/b20-11-,22-10-,23-9-,24-12-/t25?,26?,33-,34-/m1/s1. The Morgan fingerprint density at radius 3 is 1.73 bits per heavy atom. The lowest BCUT2D eigenvalue weighted by Gasteiger charge is -2.25. The average molecular weight is 663 g/mol.